The summed E-state index contributed by atoms with van der Waals surface area (Å²) >= 11 is 0. The van der Waals surface area contributed by atoms with Gasteiger partial charge in [-0.1, -0.05) is 19.9 Å². The monoisotopic (exact) mass is 274 g/mol. The Balaban J connectivity index is 1.96. The number of likely N-dealkylation sites (tertiary alicyclic amines) is 1. The van der Waals surface area contributed by atoms with Crippen molar-refractivity contribution in [3.05, 3.63) is 29.6 Å². The minimum Gasteiger partial charge on any atom is -0.351 e. The highest BCUT2D eigenvalue weighted by molar-refractivity contribution is 5.79. The minimum atomic E-state index is 0.730. The van der Waals surface area contributed by atoms with Crippen LogP contribution in [0.2, 0.25) is 0 Å². The van der Waals surface area contributed by atoms with Crippen LogP contribution in [0.25, 0.3) is 0 Å². The molecule has 1 aromatic heterocycles. The van der Waals surface area contributed by atoms with E-state index in [0.29, 0.717) is 0 Å². The second kappa shape index (κ2) is 6.73. The molecule has 1 fully saturated rings. The quantitative estimate of drug-likeness (QED) is 0.665. The van der Waals surface area contributed by atoms with Gasteiger partial charge in [0.05, 0.1) is 12.2 Å². The topological polar surface area (TPSA) is 40.5 Å². The van der Waals surface area contributed by atoms with Gasteiger partial charge in [0.1, 0.15) is 0 Å². The highest BCUT2D eigenvalue weighted by Crippen LogP contribution is 2.20. The Labute approximate surface area is 122 Å². The predicted octanol–water partition coefficient (Wildman–Crippen LogP) is 2.44. The maximum Gasteiger partial charge on any atom is 0.193 e. The van der Waals surface area contributed by atoms with Gasteiger partial charge < -0.3 is 10.2 Å². The lowest BCUT2D eigenvalue weighted by Crippen LogP contribution is -2.48. The number of aliphatic imine (C=N–C) groups is 1. The fraction of sp³-hybridized carbons (Fsp3) is 0.625. The van der Waals surface area contributed by atoms with Gasteiger partial charge in [-0.15, -0.1) is 0 Å². The normalized spacial score (nSPS) is 23.8. The van der Waals surface area contributed by atoms with Gasteiger partial charge in [-0.3, -0.25) is 9.98 Å². The first kappa shape index (κ1) is 14.8. The molecule has 110 valence electrons. The van der Waals surface area contributed by atoms with Gasteiger partial charge >= 0.3 is 0 Å². The van der Waals surface area contributed by atoms with Crippen LogP contribution in [0.4, 0.5) is 0 Å². The first-order valence-electron chi connectivity index (χ1n) is 7.46. The summed E-state index contributed by atoms with van der Waals surface area (Å²) in [5, 5.41) is 3.44. The minimum absolute atomic E-state index is 0.730. The third kappa shape index (κ3) is 3.95. The van der Waals surface area contributed by atoms with Gasteiger partial charge in [-0.05, 0) is 37.3 Å². The summed E-state index contributed by atoms with van der Waals surface area (Å²) < 4.78 is 0. The molecule has 2 atom stereocenters. The SMILES string of the molecule is CN=C(NCc1cccc(C)n1)N1CC(C)CC(C)C1. The third-order valence-electron chi connectivity index (χ3n) is 3.75. The lowest BCUT2D eigenvalue weighted by atomic mass is 9.92. The van der Waals surface area contributed by atoms with Crippen LogP contribution in [-0.2, 0) is 6.54 Å². The van der Waals surface area contributed by atoms with Gasteiger partial charge in [0.15, 0.2) is 5.96 Å². The van der Waals surface area contributed by atoms with Crippen molar-refractivity contribution < 1.29 is 0 Å². The van der Waals surface area contributed by atoms with E-state index in [-0.39, 0.29) is 0 Å². The maximum atomic E-state index is 4.52. The maximum absolute atomic E-state index is 4.52. The highest BCUT2D eigenvalue weighted by Gasteiger charge is 2.23. The summed E-state index contributed by atoms with van der Waals surface area (Å²) in [5.74, 6) is 2.45. The van der Waals surface area contributed by atoms with Crippen LogP contribution in [0, 0.1) is 18.8 Å². The Morgan fingerprint density at radius 1 is 1.35 bits per heavy atom. The molecular formula is C16H26N4. The molecule has 0 radical (unpaired) electrons. The zero-order valence-corrected chi connectivity index (χ0v) is 13.1. The molecule has 1 N–H and O–H groups in total. The summed E-state index contributed by atoms with van der Waals surface area (Å²) in [4.78, 5) is 11.3. The molecule has 0 spiro atoms. The fourth-order valence-electron chi connectivity index (χ4n) is 3.04. The molecule has 1 aliphatic heterocycles. The number of piperidine rings is 1. The first-order valence-corrected chi connectivity index (χ1v) is 7.46. The zero-order valence-electron chi connectivity index (χ0n) is 13.1. The molecule has 2 rings (SSSR count). The smallest absolute Gasteiger partial charge is 0.193 e. The highest BCUT2D eigenvalue weighted by atomic mass is 15.3. The van der Waals surface area contributed by atoms with Crippen LogP contribution in [0.15, 0.2) is 23.2 Å². The van der Waals surface area contributed by atoms with E-state index in [2.05, 4.69) is 40.1 Å². The van der Waals surface area contributed by atoms with E-state index in [9.17, 15) is 0 Å². The Hall–Kier alpha value is -1.58. The molecule has 4 nitrogen and oxygen atoms in total. The van der Waals surface area contributed by atoms with E-state index in [1.165, 1.54) is 6.42 Å². The van der Waals surface area contributed by atoms with Crippen LogP contribution in [0.1, 0.15) is 31.7 Å². The lowest BCUT2D eigenvalue weighted by molar-refractivity contribution is 0.208. The van der Waals surface area contributed by atoms with Gasteiger partial charge in [0, 0.05) is 25.8 Å². The molecule has 1 aromatic rings. The Bertz CT molecular complexity index is 459. The molecule has 0 aromatic carbocycles. The molecule has 1 saturated heterocycles. The van der Waals surface area contributed by atoms with Crippen molar-refractivity contribution in [3.8, 4) is 0 Å². The molecule has 0 saturated carbocycles. The fourth-order valence-corrected chi connectivity index (χ4v) is 3.04. The first-order chi connectivity index (χ1) is 9.58. The number of rotatable bonds is 2. The van der Waals surface area contributed by atoms with Gasteiger partial charge in [0.2, 0.25) is 0 Å². The van der Waals surface area contributed by atoms with E-state index < -0.39 is 0 Å². The molecule has 0 bridgehead atoms. The predicted molar refractivity (Wildman–Crippen MR) is 83.7 cm³/mol. The summed E-state index contributed by atoms with van der Waals surface area (Å²) in [7, 11) is 1.86. The van der Waals surface area contributed by atoms with Crippen LogP contribution in [0.3, 0.4) is 0 Å². The van der Waals surface area contributed by atoms with Crippen molar-refractivity contribution in [3.63, 3.8) is 0 Å². The number of nitrogens with zero attached hydrogens (tertiary/aromatic N) is 3. The van der Waals surface area contributed by atoms with Crippen LogP contribution < -0.4 is 5.32 Å². The van der Waals surface area contributed by atoms with Crippen molar-refractivity contribution in [1.29, 1.82) is 0 Å². The van der Waals surface area contributed by atoms with E-state index in [0.717, 1.165) is 48.8 Å². The van der Waals surface area contributed by atoms with Gasteiger partial charge in [-0.25, -0.2) is 0 Å². The van der Waals surface area contributed by atoms with Crippen molar-refractivity contribution in [1.82, 2.24) is 15.2 Å². The molecular weight excluding hydrogens is 248 g/mol. The number of pyridine rings is 1. The summed E-state index contributed by atoms with van der Waals surface area (Å²) in [6, 6.07) is 6.12. The van der Waals surface area contributed by atoms with E-state index in [1.54, 1.807) is 0 Å². The molecule has 2 unspecified atom stereocenters. The average molecular weight is 274 g/mol. The molecule has 1 aliphatic rings. The van der Waals surface area contributed by atoms with Crippen molar-refractivity contribution in [2.24, 2.45) is 16.8 Å². The Kier molecular flexibility index (Phi) is 4.99. The second-order valence-electron chi connectivity index (χ2n) is 6.02. The number of hydrogen-bond donors (Lipinski definition) is 1. The number of aryl methyl sites for hydroxylation is 1. The van der Waals surface area contributed by atoms with E-state index in [4.69, 9.17) is 0 Å². The summed E-state index contributed by atoms with van der Waals surface area (Å²) in [5.41, 5.74) is 2.11. The van der Waals surface area contributed by atoms with Crippen molar-refractivity contribution in [2.45, 2.75) is 33.7 Å². The lowest BCUT2D eigenvalue weighted by Gasteiger charge is -2.37. The van der Waals surface area contributed by atoms with Crippen LogP contribution in [0.5, 0.6) is 0 Å². The van der Waals surface area contributed by atoms with Gasteiger partial charge in [-0.2, -0.15) is 0 Å². The number of nitrogens with one attached hydrogen (secondary N) is 1. The van der Waals surface area contributed by atoms with Crippen molar-refractivity contribution >= 4 is 5.96 Å². The molecule has 2 heterocycles. The second-order valence-corrected chi connectivity index (χ2v) is 6.02. The van der Waals surface area contributed by atoms with Gasteiger partial charge in [0.25, 0.3) is 0 Å². The third-order valence-corrected chi connectivity index (χ3v) is 3.75. The number of aromatic nitrogens is 1. The average Bonchev–Trinajstić information content (AvgIpc) is 2.38. The summed E-state index contributed by atoms with van der Waals surface area (Å²) in [6.07, 6.45) is 1.31. The Morgan fingerprint density at radius 3 is 2.65 bits per heavy atom. The van der Waals surface area contributed by atoms with Crippen molar-refractivity contribution in [2.75, 3.05) is 20.1 Å². The molecule has 4 heteroatoms. The van der Waals surface area contributed by atoms with Crippen LogP contribution >= 0.6 is 0 Å². The van der Waals surface area contributed by atoms with E-state index in [1.807, 2.05) is 26.1 Å². The zero-order chi connectivity index (χ0) is 14.5. The standard InChI is InChI=1S/C16H26N4/c1-12-8-13(2)11-20(10-12)16(17-4)18-9-15-7-5-6-14(3)19-15/h5-7,12-13H,8-11H2,1-4H3,(H,17,18). The molecule has 20 heavy (non-hydrogen) atoms. The van der Waals surface area contributed by atoms with Crippen LogP contribution in [-0.4, -0.2) is 36.0 Å². The molecule has 0 amide bonds. The summed E-state index contributed by atoms with van der Waals surface area (Å²) in [6.45, 7) is 9.56. The van der Waals surface area contributed by atoms with E-state index >= 15 is 0 Å². The number of guanidine groups is 1. The molecule has 0 aliphatic carbocycles. The Morgan fingerprint density at radius 2 is 2.05 bits per heavy atom. The largest absolute Gasteiger partial charge is 0.351 e. The number of hydrogen-bond acceptors (Lipinski definition) is 2.